The summed E-state index contributed by atoms with van der Waals surface area (Å²) in [6.45, 7) is 6.74. The van der Waals surface area contributed by atoms with Crippen molar-refractivity contribution in [3.8, 4) is 11.5 Å². The average molecular weight is 410 g/mol. The number of carbonyl (C=O) groups is 2. The van der Waals surface area contributed by atoms with Crippen LogP contribution in [0.3, 0.4) is 0 Å². The molecule has 7 heteroatoms. The standard InChI is InChI=1S/C23H27N3O4/c1-5-13-30-19-11-9-17(10-12-19)15-25(3)16-26-21(27)23(2,24-22(26)28)18-7-6-8-20(14-18)29-4/h5-12,14H,1,13,15-16H2,2-4H3,(H,24,28)/p+1/t23-/m0/s1. The van der Waals surface area contributed by atoms with Crippen molar-refractivity contribution in [2.75, 3.05) is 27.4 Å². The number of carbonyl (C=O) groups excluding carboxylic acids is 2. The largest absolute Gasteiger partial charge is 0.497 e. The molecule has 3 amide bonds. The van der Waals surface area contributed by atoms with Gasteiger partial charge in [0.1, 0.15) is 30.2 Å². The minimum atomic E-state index is -1.12. The van der Waals surface area contributed by atoms with Crippen molar-refractivity contribution in [1.29, 1.82) is 0 Å². The van der Waals surface area contributed by atoms with Crippen LogP contribution < -0.4 is 19.7 Å². The van der Waals surface area contributed by atoms with Gasteiger partial charge in [-0.15, -0.1) is 0 Å². The van der Waals surface area contributed by atoms with Crippen LogP contribution in [0.5, 0.6) is 11.5 Å². The van der Waals surface area contributed by atoms with Crippen LogP contribution in [0.2, 0.25) is 0 Å². The van der Waals surface area contributed by atoms with Crippen molar-refractivity contribution < 1.29 is 24.0 Å². The summed E-state index contributed by atoms with van der Waals surface area (Å²) in [5, 5.41) is 2.84. The third-order valence-corrected chi connectivity index (χ3v) is 5.15. The number of nitrogens with one attached hydrogen (secondary N) is 2. The van der Waals surface area contributed by atoms with Gasteiger partial charge in [0, 0.05) is 5.56 Å². The number of quaternary nitrogens is 1. The van der Waals surface area contributed by atoms with Crippen LogP contribution in [0.15, 0.2) is 61.2 Å². The van der Waals surface area contributed by atoms with Crippen molar-refractivity contribution in [2.24, 2.45) is 0 Å². The van der Waals surface area contributed by atoms with E-state index >= 15 is 0 Å². The minimum Gasteiger partial charge on any atom is -0.497 e. The third-order valence-electron chi connectivity index (χ3n) is 5.15. The van der Waals surface area contributed by atoms with E-state index in [0.717, 1.165) is 16.2 Å². The summed E-state index contributed by atoms with van der Waals surface area (Å²) in [6.07, 6.45) is 1.70. The van der Waals surface area contributed by atoms with E-state index in [1.807, 2.05) is 37.4 Å². The Morgan fingerprint density at radius 3 is 2.57 bits per heavy atom. The Kier molecular flexibility index (Phi) is 6.42. The molecule has 0 bridgehead atoms. The molecule has 1 fully saturated rings. The van der Waals surface area contributed by atoms with Gasteiger partial charge in [-0.1, -0.05) is 24.8 Å². The number of hydrogen-bond donors (Lipinski definition) is 2. The van der Waals surface area contributed by atoms with E-state index in [0.29, 0.717) is 24.5 Å². The molecule has 1 aliphatic rings. The molecule has 0 aliphatic carbocycles. The van der Waals surface area contributed by atoms with Crippen LogP contribution in [-0.2, 0) is 16.9 Å². The van der Waals surface area contributed by atoms with Gasteiger partial charge < -0.3 is 19.7 Å². The lowest BCUT2D eigenvalue weighted by atomic mass is 9.92. The highest BCUT2D eigenvalue weighted by atomic mass is 16.5. The fourth-order valence-corrected chi connectivity index (χ4v) is 3.50. The summed E-state index contributed by atoms with van der Waals surface area (Å²) in [5.41, 5.74) is 0.660. The maximum absolute atomic E-state index is 13.1. The number of rotatable bonds is 9. The van der Waals surface area contributed by atoms with E-state index in [1.54, 1.807) is 38.3 Å². The van der Waals surface area contributed by atoms with Crippen LogP contribution in [0, 0.1) is 0 Å². The van der Waals surface area contributed by atoms with Gasteiger partial charge >= 0.3 is 6.03 Å². The van der Waals surface area contributed by atoms with Gasteiger partial charge in [-0.25, -0.2) is 9.69 Å². The Balaban J connectivity index is 1.66. The topological polar surface area (TPSA) is 72.3 Å². The Labute approximate surface area is 176 Å². The smallest absolute Gasteiger partial charge is 0.329 e. The number of methoxy groups -OCH3 is 1. The summed E-state index contributed by atoms with van der Waals surface area (Å²) >= 11 is 0. The first kappa shape index (κ1) is 21.4. The van der Waals surface area contributed by atoms with Crippen LogP contribution in [0.25, 0.3) is 0 Å². The quantitative estimate of drug-likeness (QED) is 0.488. The average Bonchev–Trinajstić information content (AvgIpc) is 2.97. The van der Waals surface area contributed by atoms with Crippen LogP contribution >= 0.6 is 0 Å². The first-order valence-corrected chi connectivity index (χ1v) is 9.80. The second-order valence-electron chi connectivity index (χ2n) is 7.56. The second kappa shape index (κ2) is 9.00. The van der Waals surface area contributed by atoms with E-state index < -0.39 is 11.6 Å². The lowest BCUT2D eigenvalue weighted by molar-refractivity contribution is -0.901. The molecule has 3 rings (SSSR count). The van der Waals surface area contributed by atoms with E-state index in [9.17, 15) is 9.59 Å². The van der Waals surface area contributed by atoms with Crippen molar-refractivity contribution in [2.45, 2.75) is 19.0 Å². The number of nitrogens with zero attached hydrogens (tertiary/aromatic N) is 1. The molecule has 158 valence electrons. The molecule has 1 heterocycles. The van der Waals surface area contributed by atoms with E-state index in [2.05, 4.69) is 11.9 Å². The molecular formula is C23H28N3O4+. The molecule has 2 aromatic rings. The zero-order valence-corrected chi connectivity index (χ0v) is 17.6. The summed E-state index contributed by atoms with van der Waals surface area (Å²) in [6, 6.07) is 14.6. The molecule has 1 saturated heterocycles. The van der Waals surface area contributed by atoms with Gasteiger partial charge in [0.25, 0.3) is 5.91 Å². The number of urea groups is 1. The minimum absolute atomic E-state index is 0.263. The van der Waals surface area contributed by atoms with Gasteiger partial charge in [0.15, 0.2) is 6.67 Å². The molecule has 2 N–H and O–H groups in total. The molecule has 0 saturated carbocycles. The number of ether oxygens (including phenoxy) is 2. The molecule has 0 spiro atoms. The summed E-state index contributed by atoms with van der Waals surface area (Å²) in [7, 11) is 3.52. The predicted molar refractivity (Wildman–Crippen MR) is 113 cm³/mol. The highest BCUT2D eigenvalue weighted by Gasteiger charge is 2.50. The maximum Gasteiger partial charge on any atom is 0.329 e. The maximum atomic E-state index is 13.1. The van der Waals surface area contributed by atoms with Crippen molar-refractivity contribution >= 4 is 11.9 Å². The zero-order chi connectivity index (χ0) is 21.7. The SMILES string of the molecule is C=CCOc1ccc(C[NH+](C)CN2C(=O)N[C@@](C)(c3cccc(OC)c3)C2=O)cc1. The molecule has 1 unspecified atom stereocenters. The highest BCUT2D eigenvalue weighted by molar-refractivity contribution is 6.07. The van der Waals surface area contributed by atoms with Gasteiger partial charge in [-0.2, -0.15) is 0 Å². The fourth-order valence-electron chi connectivity index (χ4n) is 3.50. The predicted octanol–water partition coefficient (Wildman–Crippen LogP) is 1.70. The molecule has 7 nitrogen and oxygen atoms in total. The van der Waals surface area contributed by atoms with Gasteiger partial charge in [0.2, 0.25) is 0 Å². The monoisotopic (exact) mass is 410 g/mol. The van der Waals surface area contributed by atoms with Gasteiger partial charge in [-0.05, 0) is 48.9 Å². The fraction of sp³-hybridized carbons (Fsp3) is 0.304. The summed E-state index contributed by atoms with van der Waals surface area (Å²) in [4.78, 5) is 28.0. The Hall–Kier alpha value is -3.32. The molecule has 0 aromatic heterocycles. The molecule has 2 atom stereocenters. The number of hydrogen-bond acceptors (Lipinski definition) is 4. The second-order valence-corrected chi connectivity index (χ2v) is 7.56. The van der Waals surface area contributed by atoms with Crippen molar-refractivity contribution in [3.05, 3.63) is 72.3 Å². The molecule has 30 heavy (non-hydrogen) atoms. The first-order valence-electron chi connectivity index (χ1n) is 9.80. The van der Waals surface area contributed by atoms with E-state index in [1.165, 1.54) is 4.90 Å². The van der Waals surface area contributed by atoms with Gasteiger partial charge in [-0.3, -0.25) is 4.79 Å². The molecule has 0 radical (unpaired) electrons. The van der Waals surface area contributed by atoms with E-state index in [-0.39, 0.29) is 12.6 Å². The van der Waals surface area contributed by atoms with Gasteiger partial charge in [0.05, 0.1) is 14.2 Å². The number of imide groups is 1. The molecular weight excluding hydrogens is 382 g/mol. The number of amides is 3. The third kappa shape index (κ3) is 4.46. The Bertz CT molecular complexity index is 928. The highest BCUT2D eigenvalue weighted by Crippen LogP contribution is 2.30. The van der Waals surface area contributed by atoms with E-state index in [4.69, 9.17) is 9.47 Å². The summed E-state index contributed by atoms with van der Waals surface area (Å²) in [5.74, 6) is 1.14. The van der Waals surface area contributed by atoms with Crippen LogP contribution in [0.4, 0.5) is 4.79 Å². The lowest BCUT2D eigenvalue weighted by Crippen LogP contribution is -3.09. The summed E-state index contributed by atoms with van der Waals surface area (Å²) < 4.78 is 10.7. The Morgan fingerprint density at radius 2 is 1.90 bits per heavy atom. The molecule has 2 aromatic carbocycles. The lowest BCUT2D eigenvalue weighted by Gasteiger charge is -2.23. The Morgan fingerprint density at radius 1 is 1.17 bits per heavy atom. The first-order chi connectivity index (χ1) is 14.4. The molecule has 1 aliphatic heterocycles. The van der Waals surface area contributed by atoms with Crippen LogP contribution in [0.1, 0.15) is 18.1 Å². The van der Waals surface area contributed by atoms with Crippen molar-refractivity contribution in [1.82, 2.24) is 10.2 Å². The van der Waals surface area contributed by atoms with Crippen LogP contribution in [-0.4, -0.2) is 44.3 Å². The normalized spacial score (nSPS) is 19.4. The zero-order valence-electron chi connectivity index (χ0n) is 17.6. The number of benzene rings is 2. The van der Waals surface area contributed by atoms with Crippen molar-refractivity contribution in [3.63, 3.8) is 0 Å².